The molecular weight excluding hydrogens is 318 g/mol. The van der Waals surface area contributed by atoms with Crippen molar-refractivity contribution in [3.63, 3.8) is 0 Å². The van der Waals surface area contributed by atoms with Crippen molar-refractivity contribution in [3.05, 3.63) is 34.9 Å². The number of carbonyl (C=O) groups is 2. The second-order valence-corrected chi connectivity index (χ2v) is 8.45. The van der Waals surface area contributed by atoms with E-state index in [1.165, 1.54) is 0 Å². The molecule has 1 unspecified atom stereocenters. The Labute approximate surface area is 135 Å². The molecule has 23 heavy (non-hydrogen) atoms. The topological polar surface area (TPSA) is 91.8 Å². The van der Waals surface area contributed by atoms with Gasteiger partial charge in [0.1, 0.15) is 5.25 Å². The van der Waals surface area contributed by atoms with E-state index in [4.69, 9.17) is 5.11 Å². The first kappa shape index (κ1) is 16.0. The molecule has 0 aliphatic carbocycles. The Kier molecular flexibility index (Phi) is 4.14. The Balaban J connectivity index is 1.82. The zero-order valence-corrected chi connectivity index (χ0v) is 13.5. The van der Waals surface area contributed by atoms with E-state index in [1.54, 1.807) is 23.1 Å². The van der Waals surface area contributed by atoms with E-state index in [0.29, 0.717) is 25.8 Å². The van der Waals surface area contributed by atoms with Crippen molar-refractivity contribution in [2.75, 3.05) is 12.3 Å². The maximum absolute atomic E-state index is 12.6. The molecule has 3 rings (SSSR count). The maximum atomic E-state index is 12.6. The average molecular weight is 337 g/mol. The molecule has 1 N–H and O–H groups in total. The number of hydrogen-bond donors (Lipinski definition) is 1. The number of sulfone groups is 1. The molecule has 1 atom stereocenters. The molecule has 2 aliphatic rings. The number of hydrogen-bond acceptors (Lipinski definition) is 4. The molecule has 1 amide bonds. The summed E-state index contributed by atoms with van der Waals surface area (Å²) in [5.41, 5.74) is 1.99. The molecule has 1 aromatic rings. The third-order valence-electron chi connectivity index (χ3n) is 4.63. The minimum atomic E-state index is -3.36. The number of rotatable bonds is 2. The van der Waals surface area contributed by atoms with E-state index in [0.717, 1.165) is 17.5 Å². The van der Waals surface area contributed by atoms with Gasteiger partial charge in [-0.2, -0.15) is 0 Å². The van der Waals surface area contributed by atoms with Gasteiger partial charge in [-0.1, -0.05) is 12.5 Å². The summed E-state index contributed by atoms with van der Waals surface area (Å²) in [6.07, 6.45) is 2.38. The summed E-state index contributed by atoms with van der Waals surface area (Å²) in [5, 5.41) is 8.14. The van der Waals surface area contributed by atoms with E-state index in [9.17, 15) is 18.0 Å². The molecule has 2 heterocycles. The Bertz CT molecular complexity index is 756. The molecule has 2 aliphatic heterocycles. The standard InChI is InChI=1S/C16H19NO5S/c18-15(14-3-1-2-8-23(14,21)22)17-7-6-11-4-5-12(16(19)20)9-13(11)10-17/h4-5,9,14H,1-3,6-8,10H2,(H,19,20). The minimum absolute atomic E-state index is 0.0804. The Morgan fingerprint density at radius 1 is 1.17 bits per heavy atom. The number of amides is 1. The van der Waals surface area contributed by atoms with Crippen LogP contribution in [0, 0.1) is 0 Å². The van der Waals surface area contributed by atoms with Crippen molar-refractivity contribution >= 4 is 21.7 Å². The highest BCUT2D eigenvalue weighted by Crippen LogP contribution is 2.26. The van der Waals surface area contributed by atoms with Crippen molar-refractivity contribution in [1.82, 2.24) is 4.90 Å². The number of carbonyl (C=O) groups excluding carboxylic acids is 1. The van der Waals surface area contributed by atoms with Gasteiger partial charge >= 0.3 is 5.97 Å². The highest BCUT2D eigenvalue weighted by Gasteiger charge is 2.38. The molecule has 124 valence electrons. The van der Waals surface area contributed by atoms with E-state index < -0.39 is 21.1 Å². The normalized spacial score (nSPS) is 23.1. The first-order chi connectivity index (χ1) is 10.9. The number of carboxylic acids is 1. The fourth-order valence-electron chi connectivity index (χ4n) is 3.31. The van der Waals surface area contributed by atoms with Gasteiger partial charge in [0.25, 0.3) is 0 Å². The summed E-state index contributed by atoms with van der Waals surface area (Å²) in [4.78, 5) is 25.3. The van der Waals surface area contributed by atoms with E-state index in [-0.39, 0.29) is 23.8 Å². The van der Waals surface area contributed by atoms with Gasteiger partial charge < -0.3 is 10.0 Å². The number of carboxylic acid groups (broad SMARTS) is 1. The molecule has 7 heteroatoms. The van der Waals surface area contributed by atoms with Crippen molar-refractivity contribution in [2.24, 2.45) is 0 Å². The van der Waals surface area contributed by atoms with Gasteiger partial charge in [0, 0.05) is 13.1 Å². The SMILES string of the molecule is O=C(O)c1ccc2c(c1)CN(C(=O)C1CCCCS1(=O)=O)CC2. The first-order valence-electron chi connectivity index (χ1n) is 7.74. The summed E-state index contributed by atoms with van der Waals surface area (Å²) in [6, 6.07) is 4.91. The summed E-state index contributed by atoms with van der Waals surface area (Å²) in [7, 11) is -3.36. The summed E-state index contributed by atoms with van der Waals surface area (Å²) in [5.74, 6) is -1.26. The largest absolute Gasteiger partial charge is 0.478 e. The second-order valence-electron chi connectivity index (χ2n) is 6.15. The number of benzene rings is 1. The van der Waals surface area contributed by atoms with E-state index in [1.807, 2.05) is 0 Å². The van der Waals surface area contributed by atoms with Gasteiger partial charge in [0.2, 0.25) is 5.91 Å². The fraction of sp³-hybridized carbons (Fsp3) is 0.500. The van der Waals surface area contributed by atoms with Gasteiger partial charge in [-0.15, -0.1) is 0 Å². The number of nitrogens with zero attached hydrogens (tertiary/aromatic N) is 1. The lowest BCUT2D eigenvalue weighted by Crippen LogP contribution is -2.47. The zero-order valence-electron chi connectivity index (χ0n) is 12.7. The Morgan fingerprint density at radius 2 is 1.96 bits per heavy atom. The fourth-order valence-corrected chi connectivity index (χ4v) is 5.19. The van der Waals surface area contributed by atoms with Crippen LogP contribution < -0.4 is 0 Å². The van der Waals surface area contributed by atoms with Gasteiger partial charge in [-0.05, 0) is 42.5 Å². The zero-order chi connectivity index (χ0) is 16.6. The van der Waals surface area contributed by atoms with Crippen molar-refractivity contribution in [3.8, 4) is 0 Å². The summed E-state index contributed by atoms with van der Waals surface area (Å²) >= 11 is 0. The molecule has 1 saturated heterocycles. The van der Waals surface area contributed by atoms with Gasteiger partial charge in [-0.3, -0.25) is 4.79 Å². The monoisotopic (exact) mass is 337 g/mol. The third kappa shape index (κ3) is 3.10. The van der Waals surface area contributed by atoms with Crippen LogP contribution in [0.3, 0.4) is 0 Å². The van der Waals surface area contributed by atoms with E-state index in [2.05, 4.69) is 0 Å². The van der Waals surface area contributed by atoms with Crippen LogP contribution in [-0.4, -0.2) is 47.8 Å². The first-order valence-corrected chi connectivity index (χ1v) is 9.45. The molecular formula is C16H19NO5S. The Morgan fingerprint density at radius 3 is 2.65 bits per heavy atom. The predicted octanol–water partition coefficient (Wildman–Crippen LogP) is 1.24. The summed E-state index contributed by atoms with van der Waals surface area (Å²) < 4.78 is 24.3. The van der Waals surface area contributed by atoms with Crippen LogP contribution in [0.15, 0.2) is 18.2 Å². The Hall–Kier alpha value is -1.89. The van der Waals surface area contributed by atoms with Crippen LogP contribution in [-0.2, 0) is 27.6 Å². The quantitative estimate of drug-likeness (QED) is 0.876. The maximum Gasteiger partial charge on any atom is 0.335 e. The van der Waals surface area contributed by atoms with Crippen molar-refractivity contribution in [1.29, 1.82) is 0 Å². The second kappa shape index (κ2) is 5.96. The van der Waals surface area contributed by atoms with Gasteiger partial charge in [-0.25, -0.2) is 13.2 Å². The van der Waals surface area contributed by atoms with Crippen LogP contribution in [0.1, 0.15) is 40.7 Å². The van der Waals surface area contributed by atoms with Crippen molar-refractivity contribution in [2.45, 2.75) is 37.5 Å². The smallest absolute Gasteiger partial charge is 0.335 e. The highest BCUT2D eigenvalue weighted by atomic mass is 32.2. The molecule has 0 aromatic heterocycles. The molecule has 0 spiro atoms. The highest BCUT2D eigenvalue weighted by molar-refractivity contribution is 7.92. The van der Waals surface area contributed by atoms with Crippen LogP contribution in [0.2, 0.25) is 0 Å². The van der Waals surface area contributed by atoms with Crippen LogP contribution in [0.5, 0.6) is 0 Å². The summed E-state index contributed by atoms with van der Waals surface area (Å²) in [6.45, 7) is 0.756. The van der Waals surface area contributed by atoms with E-state index >= 15 is 0 Å². The van der Waals surface area contributed by atoms with Crippen LogP contribution >= 0.6 is 0 Å². The lowest BCUT2D eigenvalue weighted by Gasteiger charge is -2.33. The number of fused-ring (bicyclic) bond motifs is 1. The van der Waals surface area contributed by atoms with Crippen LogP contribution in [0.4, 0.5) is 0 Å². The molecule has 1 fully saturated rings. The third-order valence-corrected chi connectivity index (χ3v) is 6.79. The van der Waals surface area contributed by atoms with Gasteiger partial charge in [0.15, 0.2) is 9.84 Å². The molecule has 1 aromatic carbocycles. The lowest BCUT2D eigenvalue weighted by molar-refractivity contribution is -0.131. The van der Waals surface area contributed by atoms with Crippen molar-refractivity contribution < 1.29 is 23.1 Å². The average Bonchev–Trinajstić information content (AvgIpc) is 2.52. The molecule has 0 saturated carbocycles. The number of aromatic carboxylic acids is 1. The van der Waals surface area contributed by atoms with Gasteiger partial charge in [0.05, 0.1) is 11.3 Å². The predicted molar refractivity (Wildman–Crippen MR) is 83.9 cm³/mol. The minimum Gasteiger partial charge on any atom is -0.478 e. The van der Waals surface area contributed by atoms with Crippen LogP contribution in [0.25, 0.3) is 0 Å². The lowest BCUT2D eigenvalue weighted by atomic mass is 9.97. The molecule has 0 bridgehead atoms. The molecule has 6 nitrogen and oxygen atoms in total. The molecule has 0 radical (unpaired) electrons.